The van der Waals surface area contributed by atoms with Gasteiger partial charge < -0.3 is 14.6 Å². The monoisotopic (exact) mass is 366 g/mol. The van der Waals surface area contributed by atoms with Crippen LogP contribution in [0.25, 0.3) is 11.0 Å². The Labute approximate surface area is 149 Å². The molecular weight excluding hydrogens is 340 g/mol. The molecule has 0 aliphatic carbocycles. The summed E-state index contributed by atoms with van der Waals surface area (Å²) in [6.45, 7) is 4.58. The van der Waals surface area contributed by atoms with Crippen molar-refractivity contribution in [3.05, 3.63) is 36.1 Å². The van der Waals surface area contributed by atoms with E-state index in [-0.39, 0.29) is 0 Å². The molecular formula is C17H26N4O3S. The molecule has 0 saturated carbocycles. The van der Waals surface area contributed by atoms with Crippen LogP contribution in [0.3, 0.4) is 0 Å². The van der Waals surface area contributed by atoms with E-state index in [0.29, 0.717) is 19.0 Å². The van der Waals surface area contributed by atoms with Gasteiger partial charge in [-0.05, 0) is 26.0 Å². The van der Waals surface area contributed by atoms with E-state index in [1.807, 2.05) is 56.1 Å². The van der Waals surface area contributed by atoms with E-state index in [0.717, 1.165) is 23.0 Å². The van der Waals surface area contributed by atoms with Crippen LogP contribution in [-0.2, 0) is 16.6 Å². The quantitative estimate of drug-likeness (QED) is 0.601. The molecule has 1 aromatic heterocycles. The topological polar surface area (TPSA) is 86.9 Å². The summed E-state index contributed by atoms with van der Waals surface area (Å²) in [6, 6.07) is 9.87. The molecule has 0 aliphatic rings. The molecule has 0 atom stereocenters. The molecule has 7 nitrogen and oxygen atoms in total. The summed E-state index contributed by atoms with van der Waals surface area (Å²) < 4.78 is 31.3. The Morgan fingerprint density at radius 2 is 2.00 bits per heavy atom. The van der Waals surface area contributed by atoms with Crippen molar-refractivity contribution in [3.63, 3.8) is 0 Å². The van der Waals surface area contributed by atoms with Crippen LogP contribution in [-0.4, -0.2) is 51.7 Å². The molecule has 8 heteroatoms. The van der Waals surface area contributed by atoms with Gasteiger partial charge in [0.05, 0.1) is 12.8 Å². The zero-order chi connectivity index (χ0) is 18.7. The van der Waals surface area contributed by atoms with Gasteiger partial charge in [-0.25, -0.2) is 13.1 Å². The van der Waals surface area contributed by atoms with Gasteiger partial charge >= 0.3 is 0 Å². The number of furan rings is 1. The van der Waals surface area contributed by atoms with E-state index in [9.17, 15) is 8.42 Å². The van der Waals surface area contributed by atoms with Crippen LogP contribution in [0, 0.1) is 0 Å². The highest BCUT2D eigenvalue weighted by atomic mass is 32.2. The third-order valence-corrected chi connectivity index (χ3v) is 4.52. The number of benzene rings is 1. The molecule has 25 heavy (non-hydrogen) atoms. The number of nitrogens with zero attached hydrogens (tertiary/aromatic N) is 2. The van der Waals surface area contributed by atoms with Crippen LogP contribution in [0.4, 0.5) is 0 Å². The molecule has 0 fully saturated rings. The Morgan fingerprint density at radius 1 is 1.32 bits per heavy atom. The van der Waals surface area contributed by atoms with Crippen LogP contribution in [0.2, 0.25) is 0 Å². The standard InChI is InChI=1S/C17H26N4O3S/c1-17(2,20-25(5,22)23)12-19-16(18-3)21(4)11-14-10-13-8-6-7-9-15(13)24-14/h6-10,20H,11-12H2,1-5H3,(H,18,19). The van der Waals surface area contributed by atoms with Gasteiger partial charge in [0.15, 0.2) is 5.96 Å². The first-order valence-electron chi connectivity index (χ1n) is 7.98. The number of fused-ring (bicyclic) bond motifs is 1. The minimum Gasteiger partial charge on any atom is -0.459 e. The lowest BCUT2D eigenvalue weighted by atomic mass is 10.1. The highest BCUT2D eigenvalue weighted by Crippen LogP contribution is 2.19. The number of sulfonamides is 1. The fraction of sp³-hybridized carbons (Fsp3) is 0.471. The van der Waals surface area contributed by atoms with Crippen molar-refractivity contribution < 1.29 is 12.8 Å². The molecule has 2 N–H and O–H groups in total. The summed E-state index contributed by atoms with van der Waals surface area (Å²) in [5.74, 6) is 1.49. The Morgan fingerprint density at radius 3 is 2.60 bits per heavy atom. The lowest BCUT2D eigenvalue weighted by Gasteiger charge is -2.28. The molecule has 0 radical (unpaired) electrons. The van der Waals surface area contributed by atoms with Crippen molar-refractivity contribution in [2.24, 2.45) is 4.99 Å². The third kappa shape index (κ3) is 5.75. The zero-order valence-electron chi connectivity index (χ0n) is 15.3. The van der Waals surface area contributed by atoms with E-state index in [1.54, 1.807) is 7.05 Å². The van der Waals surface area contributed by atoms with Gasteiger partial charge in [0.2, 0.25) is 10.0 Å². The Hall–Kier alpha value is -2.06. The summed E-state index contributed by atoms with van der Waals surface area (Å²) in [6.07, 6.45) is 1.15. The average Bonchev–Trinajstić information content (AvgIpc) is 2.87. The summed E-state index contributed by atoms with van der Waals surface area (Å²) in [5.41, 5.74) is 0.219. The minimum atomic E-state index is -3.28. The van der Waals surface area contributed by atoms with Crippen molar-refractivity contribution in [1.29, 1.82) is 0 Å². The molecule has 0 saturated heterocycles. The molecule has 0 unspecified atom stereocenters. The SMILES string of the molecule is CN=C(NCC(C)(C)NS(C)(=O)=O)N(C)Cc1cc2ccccc2o1. The van der Waals surface area contributed by atoms with Crippen LogP contribution in [0.5, 0.6) is 0 Å². The minimum absolute atomic E-state index is 0.400. The molecule has 0 bridgehead atoms. The average molecular weight is 366 g/mol. The Kier molecular flexibility index (Phi) is 5.74. The van der Waals surface area contributed by atoms with Gasteiger partial charge in [-0.1, -0.05) is 18.2 Å². The van der Waals surface area contributed by atoms with Crippen molar-refractivity contribution in [2.45, 2.75) is 25.9 Å². The van der Waals surface area contributed by atoms with Crippen LogP contribution >= 0.6 is 0 Å². The van der Waals surface area contributed by atoms with Gasteiger partial charge in [-0.15, -0.1) is 0 Å². The number of hydrogen-bond donors (Lipinski definition) is 2. The second kappa shape index (κ2) is 7.45. The predicted octanol–water partition coefficient (Wildman–Crippen LogP) is 1.77. The smallest absolute Gasteiger partial charge is 0.209 e. The lowest BCUT2D eigenvalue weighted by molar-refractivity contribution is 0.396. The van der Waals surface area contributed by atoms with E-state index < -0.39 is 15.6 Å². The van der Waals surface area contributed by atoms with Crippen LogP contribution in [0.1, 0.15) is 19.6 Å². The fourth-order valence-electron chi connectivity index (χ4n) is 2.65. The molecule has 2 aromatic rings. The number of aliphatic imine (C=N–C) groups is 1. The Bertz CT molecular complexity index is 823. The second-order valence-corrected chi connectivity index (χ2v) is 8.51. The molecule has 2 rings (SSSR count). The normalized spacial score (nSPS) is 13.2. The molecule has 0 aliphatic heterocycles. The summed E-state index contributed by atoms with van der Waals surface area (Å²) in [5, 5.41) is 4.26. The highest BCUT2D eigenvalue weighted by Gasteiger charge is 2.23. The fourth-order valence-corrected chi connectivity index (χ4v) is 3.72. The van der Waals surface area contributed by atoms with Crippen molar-refractivity contribution in [1.82, 2.24) is 14.9 Å². The molecule has 1 aromatic carbocycles. The first-order chi connectivity index (χ1) is 11.6. The number of para-hydroxylation sites is 1. The first-order valence-corrected chi connectivity index (χ1v) is 9.87. The number of nitrogens with one attached hydrogen (secondary N) is 2. The van der Waals surface area contributed by atoms with Crippen molar-refractivity contribution in [3.8, 4) is 0 Å². The predicted molar refractivity (Wildman–Crippen MR) is 101 cm³/mol. The maximum atomic E-state index is 11.4. The van der Waals surface area contributed by atoms with Crippen LogP contribution in [0.15, 0.2) is 39.7 Å². The van der Waals surface area contributed by atoms with Gasteiger partial charge in [-0.3, -0.25) is 4.99 Å². The van der Waals surface area contributed by atoms with Crippen molar-refractivity contribution in [2.75, 3.05) is 26.9 Å². The third-order valence-electron chi connectivity index (χ3n) is 3.59. The van der Waals surface area contributed by atoms with Crippen LogP contribution < -0.4 is 10.0 Å². The van der Waals surface area contributed by atoms with Gasteiger partial charge in [0, 0.05) is 31.6 Å². The zero-order valence-corrected chi connectivity index (χ0v) is 16.1. The largest absolute Gasteiger partial charge is 0.459 e. The maximum Gasteiger partial charge on any atom is 0.209 e. The van der Waals surface area contributed by atoms with Gasteiger partial charge in [0.1, 0.15) is 11.3 Å². The molecule has 138 valence electrons. The molecule has 0 spiro atoms. The molecule has 1 heterocycles. The van der Waals surface area contributed by atoms with Gasteiger partial charge in [0.25, 0.3) is 0 Å². The maximum absolute atomic E-state index is 11.4. The summed E-state index contributed by atoms with van der Waals surface area (Å²) in [4.78, 5) is 6.18. The highest BCUT2D eigenvalue weighted by molar-refractivity contribution is 7.88. The number of hydrogen-bond acceptors (Lipinski definition) is 4. The van der Waals surface area contributed by atoms with E-state index in [1.165, 1.54) is 0 Å². The second-order valence-electron chi connectivity index (χ2n) is 6.77. The number of guanidine groups is 1. The van der Waals surface area contributed by atoms with E-state index in [2.05, 4.69) is 15.0 Å². The van der Waals surface area contributed by atoms with Crippen molar-refractivity contribution >= 4 is 27.0 Å². The first kappa shape index (κ1) is 19.3. The molecule has 0 amide bonds. The Balaban J connectivity index is 2.00. The van der Waals surface area contributed by atoms with E-state index in [4.69, 9.17) is 4.42 Å². The van der Waals surface area contributed by atoms with E-state index >= 15 is 0 Å². The summed E-state index contributed by atoms with van der Waals surface area (Å²) in [7, 11) is 0.313. The lowest BCUT2D eigenvalue weighted by Crippen LogP contribution is -2.53. The summed E-state index contributed by atoms with van der Waals surface area (Å²) >= 11 is 0. The number of rotatable bonds is 6. The van der Waals surface area contributed by atoms with Gasteiger partial charge in [-0.2, -0.15) is 0 Å².